The van der Waals surface area contributed by atoms with Crippen LogP contribution in [0.1, 0.15) is 54.4 Å². The molecule has 1 aliphatic rings. The van der Waals surface area contributed by atoms with Crippen molar-refractivity contribution in [3.05, 3.63) is 35.4 Å². The number of aromatic carboxylic acids is 1. The number of benzene rings is 1. The molecule has 1 saturated carbocycles. The van der Waals surface area contributed by atoms with Gasteiger partial charge in [0.25, 0.3) is 0 Å². The van der Waals surface area contributed by atoms with Crippen molar-refractivity contribution < 1.29 is 19.4 Å². The molecule has 1 amide bonds. The Bertz CT molecular complexity index is 524. The van der Waals surface area contributed by atoms with E-state index in [9.17, 15) is 9.59 Å². The van der Waals surface area contributed by atoms with E-state index in [1.165, 1.54) is 19.3 Å². The van der Waals surface area contributed by atoms with Crippen LogP contribution >= 0.6 is 0 Å². The van der Waals surface area contributed by atoms with Gasteiger partial charge in [0.1, 0.15) is 0 Å². The highest BCUT2D eigenvalue weighted by molar-refractivity contribution is 5.89. The topological polar surface area (TPSA) is 75.6 Å². The Balaban J connectivity index is 1.64. The number of aryl methyl sites for hydroxylation is 1. The van der Waals surface area contributed by atoms with Crippen molar-refractivity contribution >= 4 is 11.9 Å². The number of carbonyl (C=O) groups excluding carboxylic acids is 1. The van der Waals surface area contributed by atoms with Crippen molar-refractivity contribution in [2.24, 2.45) is 0 Å². The van der Waals surface area contributed by atoms with Crippen LogP contribution in [0.3, 0.4) is 0 Å². The van der Waals surface area contributed by atoms with E-state index in [2.05, 4.69) is 5.32 Å². The Morgan fingerprint density at radius 2 is 1.91 bits per heavy atom. The van der Waals surface area contributed by atoms with E-state index in [0.29, 0.717) is 31.2 Å². The zero-order valence-corrected chi connectivity index (χ0v) is 13.4. The summed E-state index contributed by atoms with van der Waals surface area (Å²) in [7, 11) is 0. The van der Waals surface area contributed by atoms with Gasteiger partial charge in [-0.05, 0) is 30.9 Å². The van der Waals surface area contributed by atoms with Crippen molar-refractivity contribution in [3.63, 3.8) is 0 Å². The molecule has 1 fully saturated rings. The van der Waals surface area contributed by atoms with E-state index in [1.807, 2.05) is 0 Å². The first-order chi connectivity index (χ1) is 11.2. The van der Waals surface area contributed by atoms with Crippen LogP contribution in [-0.4, -0.2) is 36.2 Å². The fourth-order valence-corrected chi connectivity index (χ4v) is 2.93. The molecule has 5 nitrogen and oxygen atoms in total. The summed E-state index contributed by atoms with van der Waals surface area (Å²) in [5, 5.41) is 11.9. The molecule has 1 aliphatic carbocycles. The monoisotopic (exact) mass is 319 g/mol. The molecule has 0 aromatic heterocycles. The molecule has 0 heterocycles. The third-order valence-electron chi connectivity index (χ3n) is 4.20. The number of carboxylic acid groups (broad SMARTS) is 1. The van der Waals surface area contributed by atoms with Gasteiger partial charge in [0, 0.05) is 13.0 Å². The normalized spacial score (nSPS) is 15.3. The molecule has 1 aromatic rings. The Morgan fingerprint density at radius 1 is 1.17 bits per heavy atom. The molecule has 23 heavy (non-hydrogen) atoms. The van der Waals surface area contributed by atoms with Gasteiger partial charge in [-0.2, -0.15) is 0 Å². The lowest BCUT2D eigenvalue weighted by molar-refractivity contribution is -0.121. The largest absolute Gasteiger partial charge is 0.478 e. The highest BCUT2D eigenvalue weighted by Gasteiger charge is 2.13. The minimum atomic E-state index is -0.957. The quantitative estimate of drug-likeness (QED) is 0.723. The summed E-state index contributed by atoms with van der Waals surface area (Å²) >= 11 is 0. The van der Waals surface area contributed by atoms with Gasteiger partial charge in [-0.1, -0.05) is 37.5 Å². The predicted octanol–water partition coefficient (Wildman–Crippen LogP) is 2.78. The van der Waals surface area contributed by atoms with Gasteiger partial charge >= 0.3 is 5.97 Å². The van der Waals surface area contributed by atoms with E-state index in [-0.39, 0.29) is 17.9 Å². The number of ether oxygens (including phenoxy) is 1. The second kappa shape index (κ2) is 9.30. The lowest BCUT2D eigenvalue weighted by Gasteiger charge is -2.22. The van der Waals surface area contributed by atoms with Crippen molar-refractivity contribution in [2.75, 3.05) is 13.2 Å². The molecule has 126 valence electrons. The minimum absolute atomic E-state index is 0.0718. The minimum Gasteiger partial charge on any atom is -0.478 e. The number of hydrogen-bond acceptors (Lipinski definition) is 3. The van der Waals surface area contributed by atoms with Gasteiger partial charge in [0.2, 0.25) is 5.91 Å². The number of rotatable bonds is 8. The molecule has 2 rings (SSSR count). The molecule has 0 atom stereocenters. The lowest BCUT2D eigenvalue weighted by atomic mass is 9.98. The third kappa shape index (κ3) is 6.02. The summed E-state index contributed by atoms with van der Waals surface area (Å²) in [5.74, 6) is -1.03. The van der Waals surface area contributed by atoms with Crippen LogP contribution in [-0.2, 0) is 16.0 Å². The Kier molecular flexibility index (Phi) is 7.07. The van der Waals surface area contributed by atoms with Crippen LogP contribution in [0.15, 0.2) is 24.3 Å². The molecule has 5 heteroatoms. The maximum Gasteiger partial charge on any atom is 0.335 e. The van der Waals surface area contributed by atoms with Crippen molar-refractivity contribution in [3.8, 4) is 0 Å². The van der Waals surface area contributed by atoms with Crippen LogP contribution in [0.25, 0.3) is 0 Å². The van der Waals surface area contributed by atoms with E-state index < -0.39 is 5.97 Å². The van der Waals surface area contributed by atoms with Gasteiger partial charge in [0.05, 0.1) is 18.3 Å². The molecule has 0 radical (unpaired) electrons. The van der Waals surface area contributed by atoms with Crippen molar-refractivity contribution in [1.29, 1.82) is 0 Å². The van der Waals surface area contributed by atoms with Crippen LogP contribution < -0.4 is 5.32 Å². The summed E-state index contributed by atoms with van der Waals surface area (Å²) in [6, 6.07) is 6.80. The first kappa shape index (κ1) is 17.5. The number of amides is 1. The van der Waals surface area contributed by atoms with Gasteiger partial charge in [-0.15, -0.1) is 0 Å². The molecule has 1 aromatic carbocycles. The fraction of sp³-hybridized carbons (Fsp3) is 0.556. The lowest BCUT2D eigenvalue weighted by Crippen LogP contribution is -2.29. The molecular formula is C18H25NO4. The summed E-state index contributed by atoms with van der Waals surface area (Å²) in [4.78, 5) is 22.9. The Hall–Kier alpha value is -1.88. The van der Waals surface area contributed by atoms with E-state index in [4.69, 9.17) is 9.84 Å². The Morgan fingerprint density at radius 3 is 2.65 bits per heavy atom. The zero-order valence-electron chi connectivity index (χ0n) is 13.4. The maximum absolute atomic E-state index is 11.8. The van der Waals surface area contributed by atoms with Crippen LogP contribution in [0.2, 0.25) is 0 Å². The zero-order chi connectivity index (χ0) is 16.5. The first-order valence-electron chi connectivity index (χ1n) is 8.36. The smallest absolute Gasteiger partial charge is 0.335 e. The molecule has 0 aliphatic heterocycles. The van der Waals surface area contributed by atoms with E-state index in [1.54, 1.807) is 24.3 Å². The first-order valence-corrected chi connectivity index (χ1v) is 8.36. The highest BCUT2D eigenvalue weighted by atomic mass is 16.5. The number of nitrogens with one attached hydrogen (secondary N) is 1. The van der Waals surface area contributed by atoms with Gasteiger partial charge in [-0.3, -0.25) is 4.79 Å². The second-order valence-electron chi connectivity index (χ2n) is 5.94. The van der Waals surface area contributed by atoms with Crippen LogP contribution in [0, 0.1) is 0 Å². The van der Waals surface area contributed by atoms with E-state index >= 15 is 0 Å². The fourth-order valence-electron chi connectivity index (χ4n) is 2.93. The molecule has 0 bridgehead atoms. The second-order valence-corrected chi connectivity index (χ2v) is 5.94. The summed E-state index contributed by atoms with van der Waals surface area (Å²) in [6.45, 7) is 1.05. The van der Waals surface area contributed by atoms with Crippen LogP contribution in [0.5, 0.6) is 0 Å². The average Bonchev–Trinajstić information content (AvgIpc) is 2.58. The molecule has 2 N–H and O–H groups in total. The third-order valence-corrected chi connectivity index (χ3v) is 4.20. The van der Waals surface area contributed by atoms with Crippen molar-refractivity contribution in [2.45, 2.75) is 51.0 Å². The molecule has 0 saturated heterocycles. The van der Waals surface area contributed by atoms with Crippen molar-refractivity contribution in [1.82, 2.24) is 5.32 Å². The number of carboxylic acids is 1. The SMILES string of the molecule is O=C(CCc1ccccc1C(=O)O)NCCOC1CCCCC1. The maximum atomic E-state index is 11.8. The summed E-state index contributed by atoms with van der Waals surface area (Å²) in [6.07, 6.45) is 7.09. The summed E-state index contributed by atoms with van der Waals surface area (Å²) in [5.41, 5.74) is 0.953. The average molecular weight is 319 g/mol. The van der Waals surface area contributed by atoms with Gasteiger partial charge < -0.3 is 15.2 Å². The van der Waals surface area contributed by atoms with Gasteiger partial charge in [0.15, 0.2) is 0 Å². The van der Waals surface area contributed by atoms with Gasteiger partial charge in [-0.25, -0.2) is 4.79 Å². The molecule has 0 unspecified atom stereocenters. The number of carbonyl (C=O) groups is 2. The van der Waals surface area contributed by atoms with Crippen LogP contribution in [0.4, 0.5) is 0 Å². The number of hydrogen-bond donors (Lipinski definition) is 2. The molecular weight excluding hydrogens is 294 g/mol. The Labute approximate surface area is 137 Å². The standard InChI is InChI=1S/C18H25NO4/c20-17(19-12-13-23-15-7-2-1-3-8-15)11-10-14-6-4-5-9-16(14)18(21)22/h4-6,9,15H,1-3,7-8,10-13H2,(H,19,20)(H,21,22). The van der Waals surface area contributed by atoms with E-state index in [0.717, 1.165) is 12.8 Å². The molecule has 0 spiro atoms. The predicted molar refractivity (Wildman–Crippen MR) is 87.6 cm³/mol. The summed E-state index contributed by atoms with van der Waals surface area (Å²) < 4.78 is 5.75. The highest BCUT2D eigenvalue weighted by Crippen LogP contribution is 2.19.